The summed E-state index contributed by atoms with van der Waals surface area (Å²) in [7, 11) is 1.66. The molecule has 0 saturated heterocycles. The minimum Gasteiger partial charge on any atom is -0.491 e. The third-order valence-corrected chi connectivity index (χ3v) is 3.78. The van der Waals surface area contributed by atoms with Gasteiger partial charge in [0.15, 0.2) is 0 Å². The highest BCUT2D eigenvalue weighted by Gasteiger charge is 2.14. The highest BCUT2D eigenvalue weighted by Crippen LogP contribution is 2.26. The molecule has 1 unspecified atom stereocenters. The summed E-state index contributed by atoms with van der Waals surface area (Å²) in [5.74, 6) is 0.823. The molecule has 0 aliphatic carbocycles. The maximum absolute atomic E-state index is 6.29. The first kappa shape index (κ1) is 15.0. The molecule has 2 rings (SSSR count). The van der Waals surface area contributed by atoms with Gasteiger partial charge in [-0.25, -0.2) is 4.98 Å². The Kier molecular flexibility index (Phi) is 5.52. The van der Waals surface area contributed by atoms with Crippen LogP contribution in [0.15, 0.2) is 29.6 Å². The normalized spacial score (nSPS) is 12.3. The summed E-state index contributed by atoms with van der Waals surface area (Å²) in [6.07, 6.45) is 0.717. The van der Waals surface area contributed by atoms with Gasteiger partial charge in [0.25, 0.3) is 0 Å². The molecule has 0 fully saturated rings. The zero-order valence-electron chi connectivity index (χ0n) is 11.8. The lowest BCUT2D eigenvalue weighted by atomic mass is 10.0. The molecule has 2 N–H and O–H groups in total. The lowest BCUT2D eigenvalue weighted by Gasteiger charge is -2.16. The first-order valence-electron chi connectivity index (χ1n) is 6.58. The zero-order valence-corrected chi connectivity index (χ0v) is 12.7. The average molecular weight is 292 g/mol. The highest BCUT2D eigenvalue weighted by molar-refractivity contribution is 7.09. The second-order valence-electron chi connectivity index (χ2n) is 4.55. The number of methoxy groups -OCH3 is 1. The smallest absolute Gasteiger partial charge is 0.124 e. The number of ether oxygens (including phenoxy) is 2. The molecule has 0 spiro atoms. The van der Waals surface area contributed by atoms with Crippen LogP contribution >= 0.6 is 11.3 Å². The second kappa shape index (κ2) is 7.38. The fourth-order valence-corrected chi connectivity index (χ4v) is 2.62. The highest BCUT2D eigenvalue weighted by atomic mass is 32.1. The van der Waals surface area contributed by atoms with Crippen molar-refractivity contribution < 1.29 is 9.47 Å². The summed E-state index contributed by atoms with van der Waals surface area (Å²) < 4.78 is 10.7. The van der Waals surface area contributed by atoms with Gasteiger partial charge in [-0.1, -0.05) is 18.2 Å². The van der Waals surface area contributed by atoms with Gasteiger partial charge in [-0.05, 0) is 13.0 Å². The molecular weight excluding hydrogens is 272 g/mol. The molecule has 0 amide bonds. The minimum atomic E-state index is -0.116. The Balaban J connectivity index is 2.06. The predicted octanol–water partition coefficient (Wildman–Crippen LogP) is 2.72. The van der Waals surface area contributed by atoms with Crippen molar-refractivity contribution in [3.63, 3.8) is 0 Å². The van der Waals surface area contributed by atoms with E-state index in [1.54, 1.807) is 18.4 Å². The molecule has 0 bridgehead atoms. The lowest BCUT2D eigenvalue weighted by Crippen LogP contribution is -2.16. The van der Waals surface area contributed by atoms with Crippen LogP contribution in [0.1, 0.15) is 22.3 Å². The van der Waals surface area contributed by atoms with Gasteiger partial charge < -0.3 is 15.2 Å². The molecule has 0 saturated carbocycles. The van der Waals surface area contributed by atoms with Crippen LogP contribution in [0.4, 0.5) is 0 Å². The summed E-state index contributed by atoms with van der Waals surface area (Å²) in [4.78, 5) is 4.46. The Morgan fingerprint density at radius 1 is 1.30 bits per heavy atom. The number of nitrogens with two attached hydrogens (primary N) is 1. The van der Waals surface area contributed by atoms with E-state index in [0.717, 1.165) is 28.4 Å². The number of para-hydroxylation sites is 1. The standard InChI is InChI=1S/C15H20N2O2S/c1-11-17-12(10-20-11)9-14(16)13-5-3-4-6-15(13)19-8-7-18-2/h3-6,10,14H,7-9,16H2,1-2H3. The van der Waals surface area contributed by atoms with Gasteiger partial charge in [0, 0.05) is 30.5 Å². The summed E-state index contributed by atoms with van der Waals surface area (Å²) in [5, 5.41) is 3.13. The van der Waals surface area contributed by atoms with E-state index in [1.165, 1.54) is 0 Å². The topological polar surface area (TPSA) is 57.4 Å². The molecule has 0 aliphatic heterocycles. The van der Waals surface area contributed by atoms with Crippen molar-refractivity contribution in [1.29, 1.82) is 0 Å². The van der Waals surface area contributed by atoms with Crippen molar-refractivity contribution in [2.75, 3.05) is 20.3 Å². The Morgan fingerprint density at radius 2 is 2.10 bits per heavy atom. The molecule has 1 atom stereocenters. The number of aromatic nitrogens is 1. The quantitative estimate of drug-likeness (QED) is 0.797. The largest absolute Gasteiger partial charge is 0.491 e. The van der Waals surface area contributed by atoms with Crippen LogP contribution in [0, 0.1) is 6.92 Å². The Bertz CT molecular complexity index is 542. The van der Waals surface area contributed by atoms with E-state index >= 15 is 0 Å². The molecule has 2 aromatic rings. The third-order valence-electron chi connectivity index (χ3n) is 2.96. The van der Waals surface area contributed by atoms with Gasteiger partial charge in [-0.15, -0.1) is 11.3 Å². The fraction of sp³-hybridized carbons (Fsp3) is 0.400. The first-order valence-corrected chi connectivity index (χ1v) is 7.46. The van der Waals surface area contributed by atoms with Crippen molar-refractivity contribution in [3.05, 3.63) is 45.9 Å². The van der Waals surface area contributed by atoms with Crippen molar-refractivity contribution in [2.45, 2.75) is 19.4 Å². The Hall–Kier alpha value is -1.43. The SMILES string of the molecule is COCCOc1ccccc1C(N)Cc1csc(C)n1. The third kappa shape index (κ3) is 4.03. The first-order chi connectivity index (χ1) is 9.70. The van der Waals surface area contributed by atoms with Gasteiger partial charge in [-0.3, -0.25) is 0 Å². The summed E-state index contributed by atoms with van der Waals surface area (Å²) in [6, 6.07) is 7.76. The fourth-order valence-electron chi connectivity index (χ4n) is 1.99. The maximum atomic E-state index is 6.29. The second-order valence-corrected chi connectivity index (χ2v) is 5.61. The Labute approximate surface area is 123 Å². The predicted molar refractivity (Wildman–Crippen MR) is 81.3 cm³/mol. The van der Waals surface area contributed by atoms with E-state index in [0.29, 0.717) is 13.2 Å². The molecule has 4 nitrogen and oxygen atoms in total. The van der Waals surface area contributed by atoms with E-state index in [4.69, 9.17) is 15.2 Å². The minimum absolute atomic E-state index is 0.116. The van der Waals surface area contributed by atoms with Gasteiger partial charge >= 0.3 is 0 Å². The number of nitrogens with zero attached hydrogens (tertiary/aromatic N) is 1. The van der Waals surface area contributed by atoms with Gasteiger partial charge in [0.2, 0.25) is 0 Å². The van der Waals surface area contributed by atoms with Gasteiger partial charge in [0.1, 0.15) is 12.4 Å². The van der Waals surface area contributed by atoms with E-state index in [2.05, 4.69) is 10.4 Å². The van der Waals surface area contributed by atoms with Gasteiger partial charge in [0.05, 0.1) is 17.3 Å². The number of rotatable bonds is 7. The van der Waals surface area contributed by atoms with Crippen LogP contribution in [-0.2, 0) is 11.2 Å². The molecule has 0 radical (unpaired) electrons. The van der Waals surface area contributed by atoms with Crippen molar-refractivity contribution in [1.82, 2.24) is 4.98 Å². The summed E-state index contributed by atoms with van der Waals surface area (Å²) in [5.41, 5.74) is 8.34. The van der Waals surface area contributed by atoms with Gasteiger partial charge in [-0.2, -0.15) is 0 Å². The number of aryl methyl sites for hydroxylation is 1. The van der Waals surface area contributed by atoms with E-state index in [-0.39, 0.29) is 6.04 Å². The molecule has 1 aromatic carbocycles. The maximum Gasteiger partial charge on any atom is 0.124 e. The molecule has 1 heterocycles. The number of benzene rings is 1. The summed E-state index contributed by atoms with van der Waals surface area (Å²) in [6.45, 7) is 3.09. The average Bonchev–Trinajstić information content (AvgIpc) is 2.85. The molecule has 5 heteroatoms. The van der Waals surface area contributed by atoms with Crippen LogP contribution < -0.4 is 10.5 Å². The van der Waals surface area contributed by atoms with Crippen molar-refractivity contribution in [2.24, 2.45) is 5.73 Å². The van der Waals surface area contributed by atoms with Crippen LogP contribution in [0.25, 0.3) is 0 Å². The molecule has 108 valence electrons. The number of hydrogen-bond acceptors (Lipinski definition) is 5. The Morgan fingerprint density at radius 3 is 2.80 bits per heavy atom. The molecule has 0 aliphatic rings. The summed E-state index contributed by atoms with van der Waals surface area (Å²) >= 11 is 1.65. The molecular formula is C15H20N2O2S. The number of hydrogen-bond donors (Lipinski definition) is 1. The zero-order chi connectivity index (χ0) is 14.4. The van der Waals surface area contributed by atoms with Crippen molar-refractivity contribution >= 4 is 11.3 Å². The van der Waals surface area contributed by atoms with Crippen LogP contribution in [0.5, 0.6) is 5.75 Å². The van der Waals surface area contributed by atoms with E-state index in [1.807, 2.05) is 31.2 Å². The van der Waals surface area contributed by atoms with Crippen LogP contribution in [0.3, 0.4) is 0 Å². The van der Waals surface area contributed by atoms with Crippen LogP contribution in [0.2, 0.25) is 0 Å². The lowest BCUT2D eigenvalue weighted by molar-refractivity contribution is 0.145. The molecule has 20 heavy (non-hydrogen) atoms. The monoisotopic (exact) mass is 292 g/mol. The van der Waals surface area contributed by atoms with Crippen LogP contribution in [-0.4, -0.2) is 25.3 Å². The molecule has 1 aromatic heterocycles. The van der Waals surface area contributed by atoms with Crippen molar-refractivity contribution in [3.8, 4) is 5.75 Å². The number of thiazole rings is 1. The van der Waals surface area contributed by atoms with E-state index in [9.17, 15) is 0 Å². The van der Waals surface area contributed by atoms with E-state index < -0.39 is 0 Å².